The Balaban J connectivity index is 1.34. The van der Waals surface area contributed by atoms with Gasteiger partial charge >= 0.3 is 5.97 Å². The largest absolute Gasteiger partial charge is 0.497 e. The van der Waals surface area contributed by atoms with Crippen molar-refractivity contribution in [2.75, 3.05) is 7.11 Å². The average Bonchev–Trinajstić information content (AvgIpc) is 3.18. The van der Waals surface area contributed by atoms with Gasteiger partial charge in [-0.3, -0.25) is 14.2 Å². The van der Waals surface area contributed by atoms with Gasteiger partial charge in [-0.1, -0.05) is 23.7 Å². The Morgan fingerprint density at radius 3 is 2.88 bits per heavy atom. The zero-order chi connectivity index (χ0) is 22.2. The van der Waals surface area contributed by atoms with Crippen molar-refractivity contribution < 1.29 is 18.7 Å². The summed E-state index contributed by atoms with van der Waals surface area (Å²) < 4.78 is 17.3. The molecule has 0 atom stereocenters. The lowest BCUT2D eigenvalue weighted by Gasteiger charge is -2.09. The molecule has 0 saturated carbocycles. The number of esters is 1. The number of hydrogen-bond acceptors (Lipinski definition) is 7. The second-order valence-corrected chi connectivity index (χ2v) is 7.47. The quantitative estimate of drug-likeness (QED) is 0.294. The lowest BCUT2D eigenvalue weighted by Crippen LogP contribution is -2.25. The van der Waals surface area contributed by atoms with Crippen molar-refractivity contribution >= 4 is 50.5 Å². The first-order valence-electron chi connectivity index (χ1n) is 9.69. The Morgan fingerprint density at radius 2 is 2.03 bits per heavy atom. The van der Waals surface area contributed by atoms with Crippen molar-refractivity contribution in [3.63, 3.8) is 0 Å². The van der Waals surface area contributed by atoms with Crippen molar-refractivity contribution in [3.05, 3.63) is 75.9 Å². The molecule has 0 aliphatic rings. The van der Waals surface area contributed by atoms with Gasteiger partial charge in [-0.2, -0.15) is 0 Å². The van der Waals surface area contributed by atoms with Gasteiger partial charge in [0, 0.05) is 22.4 Å². The number of halogens is 1. The molecule has 8 nitrogen and oxygen atoms in total. The first-order chi connectivity index (χ1) is 15.5. The molecule has 5 rings (SSSR count). The fourth-order valence-corrected chi connectivity index (χ4v) is 3.67. The monoisotopic (exact) mass is 449 g/mol. The topological polar surface area (TPSA) is 96.5 Å². The van der Waals surface area contributed by atoms with Gasteiger partial charge in [0.25, 0.3) is 5.56 Å². The molecule has 0 amide bonds. The Hall–Kier alpha value is -3.91. The molecular weight excluding hydrogens is 434 g/mol. The molecular formula is C23H16ClN3O5. The molecule has 0 aliphatic heterocycles. The molecule has 9 heteroatoms. The molecule has 0 aliphatic carbocycles. The van der Waals surface area contributed by atoms with Crippen molar-refractivity contribution in [2.45, 2.75) is 13.2 Å². The number of carbonyl (C=O) groups is 1. The Morgan fingerprint density at radius 1 is 1.19 bits per heavy atom. The summed E-state index contributed by atoms with van der Waals surface area (Å²) in [5.41, 5.74) is 1.88. The summed E-state index contributed by atoms with van der Waals surface area (Å²) in [5, 5.41) is 1.79. The van der Waals surface area contributed by atoms with Crippen molar-refractivity contribution in [2.24, 2.45) is 0 Å². The van der Waals surface area contributed by atoms with Crippen LogP contribution in [0.25, 0.3) is 33.0 Å². The standard InChI is InChI=1S/C23H16ClN3O5/c1-30-15-7-6-13-8-14(22(24)26-17(13)9-15)11-31-19(28)10-27-12-25-20-16-4-2-3-5-18(16)32-21(20)23(27)29/h2-9,12H,10-11H2,1H3. The molecule has 0 spiro atoms. The molecule has 0 unspecified atom stereocenters. The van der Waals surface area contributed by atoms with Gasteiger partial charge in [-0.05, 0) is 30.3 Å². The van der Waals surface area contributed by atoms with E-state index in [0.29, 0.717) is 27.9 Å². The lowest BCUT2D eigenvalue weighted by atomic mass is 10.1. The number of fused-ring (bicyclic) bond motifs is 4. The predicted octanol–water partition coefficient (Wildman–Crippen LogP) is 4.10. The van der Waals surface area contributed by atoms with E-state index in [9.17, 15) is 9.59 Å². The molecule has 5 aromatic rings. The molecule has 32 heavy (non-hydrogen) atoms. The van der Waals surface area contributed by atoms with Crippen molar-refractivity contribution in [1.82, 2.24) is 14.5 Å². The average molecular weight is 450 g/mol. The summed E-state index contributed by atoms with van der Waals surface area (Å²) in [6.45, 7) is -0.393. The summed E-state index contributed by atoms with van der Waals surface area (Å²) >= 11 is 6.25. The van der Waals surface area contributed by atoms with E-state index in [1.165, 1.54) is 6.33 Å². The highest BCUT2D eigenvalue weighted by molar-refractivity contribution is 6.30. The second-order valence-electron chi connectivity index (χ2n) is 7.11. The Labute approximate surface area is 186 Å². The van der Waals surface area contributed by atoms with Crippen LogP contribution in [0.2, 0.25) is 5.15 Å². The fourth-order valence-electron chi connectivity index (χ4n) is 3.47. The van der Waals surface area contributed by atoms with Gasteiger partial charge in [-0.15, -0.1) is 0 Å². The number of hydrogen-bond donors (Lipinski definition) is 0. The zero-order valence-corrected chi connectivity index (χ0v) is 17.6. The maximum absolute atomic E-state index is 12.7. The third-order valence-electron chi connectivity index (χ3n) is 5.09. The van der Waals surface area contributed by atoms with Crippen molar-refractivity contribution in [3.8, 4) is 5.75 Å². The second kappa shape index (κ2) is 7.97. The van der Waals surface area contributed by atoms with Crippen LogP contribution in [0.3, 0.4) is 0 Å². The van der Waals surface area contributed by atoms with Crippen LogP contribution in [0, 0.1) is 0 Å². The minimum atomic E-state index is -0.616. The molecule has 0 N–H and O–H groups in total. The van der Waals surface area contributed by atoms with E-state index < -0.39 is 11.5 Å². The number of carbonyl (C=O) groups excluding carboxylic acids is 1. The SMILES string of the molecule is COc1ccc2cc(COC(=O)Cn3cnc4c(oc5ccccc54)c3=O)c(Cl)nc2c1. The summed E-state index contributed by atoms with van der Waals surface area (Å²) in [6, 6.07) is 14.4. The Bertz CT molecular complexity index is 1560. The van der Waals surface area contributed by atoms with Crippen LogP contribution in [0.4, 0.5) is 0 Å². The third-order valence-corrected chi connectivity index (χ3v) is 5.42. The van der Waals surface area contributed by atoms with E-state index in [-0.39, 0.29) is 23.9 Å². The van der Waals surface area contributed by atoms with Crippen LogP contribution in [0.15, 0.2) is 64.1 Å². The number of benzene rings is 2. The Kier molecular flexibility index (Phi) is 4.99. The van der Waals surface area contributed by atoms with E-state index in [1.54, 1.807) is 31.4 Å². The molecule has 0 radical (unpaired) electrons. The molecule has 160 valence electrons. The van der Waals surface area contributed by atoms with Crippen molar-refractivity contribution in [1.29, 1.82) is 0 Å². The number of methoxy groups -OCH3 is 1. The van der Waals surface area contributed by atoms with E-state index in [4.69, 9.17) is 25.5 Å². The van der Waals surface area contributed by atoms with E-state index in [2.05, 4.69) is 9.97 Å². The number of pyridine rings is 1. The first-order valence-corrected chi connectivity index (χ1v) is 10.1. The van der Waals surface area contributed by atoms with E-state index in [0.717, 1.165) is 15.3 Å². The summed E-state index contributed by atoms with van der Waals surface area (Å²) in [4.78, 5) is 33.7. The van der Waals surface area contributed by atoms with E-state index >= 15 is 0 Å². The minimum Gasteiger partial charge on any atom is -0.497 e. The molecule has 3 aromatic heterocycles. The highest BCUT2D eigenvalue weighted by atomic mass is 35.5. The molecule has 0 fully saturated rings. The number of rotatable bonds is 5. The van der Waals surface area contributed by atoms with Gasteiger partial charge in [0.15, 0.2) is 0 Å². The first kappa shape index (κ1) is 20.0. The summed E-state index contributed by atoms with van der Waals surface area (Å²) in [5.74, 6) is 0.0518. The zero-order valence-electron chi connectivity index (χ0n) is 16.9. The van der Waals surface area contributed by atoms with Gasteiger partial charge < -0.3 is 13.9 Å². The number of para-hydroxylation sites is 1. The number of ether oxygens (including phenoxy) is 2. The predicted molar refractivity (Wildman–Crippen MR) is 119 cm³/mol. The number of nitrogens with zero attached hydrogens (tertiary/aromatic N) is 3. The third kappa shape index (κ3) is 3.54. The minimum absolute atomic E-state index is 0.0816. The number of furan rings is 1. The number of aromatic nitrogens is 3. The molecule has 3 heterocycles. The lowest BCUT2D eigenvalue weighted by molar-refractivity contribution is -0.145. The van der Waals surface area contributed by atoms with Crippen LogP contribution in [0.5, 0.6) is 5.75 Å². The van der Waals surface area contributed by atoms with Gasteiger partial charge in [0.2, 0.25) is 5.58 Å². The molecule has 0 bridgehead atoms. The van der Waals surface area contributed by atoms with Crippen LogP contribution in [-0.4, -0.2) is 27.6 Å². The smallest absolute Gasteiger partial charge is 0.326 e. The van der Waals surface area contributed by atoms with Crippen LogP contribution < -0.4 is 10.3 Å². The van der Waals surface area contributed by atoms with Gasteiger partial charge in [0.05, 0.1) is 19.0 Å². The normalized spacial score (nSPS) is 11.3. The molecule has 2 aromatic carbocycles. The summed E-state index contributed by atoms with van der Waals surface area (Å²) in [7, 11) is 1.57. The van der Waals surface area contributed by atoms with Gasteiger partial charge in [0.1, 0.15) is 35.2 Å². The maximum Gasteiger partial charge on any atom is 0.326 e. The van der Waals surface area contributed by atoms with Gasteiger partial charge in [-0.25, -0.2) is 9.97 Å². The van der Waals surface area contributed by atoms with Crippen LogP contribution in [-0.2, 0) is 22.7 Å². The fraction of sp³-hybridized carbons (Fsp3) is 0.130. The van der Waals surface area contributed by atoms with Crippen LogP contribution in [0.1, 0.15) is 5.56 Å². The van der Waals surface area contributed by atoms with Crippen LogP contribution >= 0.6 is 11.6 Å². The molecule has 0 saturated heterocycles. The maximum atomic E-state index is 12.7. The highest BCUT2D eigenvalue weighted by Crippen LogP contribution is 2.25. The highest BCUT2D eigenvalue weighted by Gasteiger charge is 2.16. The summed E-state index contributed by atoms with van der Waals surface area (Å²) in [6.07, 6.45) is 1.31. The van der Waals surface area contributed by atoms with E-state index in [1.807, 2.05) is 24.3 Å².